The van der Waals surface area contributed by atoms with Crippen molar-refractivity contribution in [1.29, 1.82) is 0 Å². The lowest BCUT2D eigenvalue weighted by molar-refractivity contribution is -0.138. The third-order valence-electron chi connectivity index (χ3n) is 2.04. The van der Waals surface area contributed by atoms with E-state index in [2.05, 4.69) is 10.3 Å². The first-order valence-electron chi connectivity index (χ1n) is 4.73. The van der Waals surface area contributed by atoms with Crippen molar-refractivity contribution in [2.75, 3.05) is 7.11 Å². The predicted octanol–water partition coefficient (Wildman–Crippen LogP) is -0.00130. The number of amides is 1. The Balaban J connectivity index is 2.93. The third kappa shape index (κ3) is 2.83. The smallest absolute Gasteiger partial charge is 0.325 e. The molecule has 0 fully saturated rings. The Kier molecular flexibility index (Phi) is 3.86. The summed E-state index contributed by atoms with van der Waals surface area (Å²) in [5.41, 5.74) is -0.280. The molecular formula is C10H12N2O5. The van der Waals surface area contributed by atoms with Crippen molar-refractivity contribution >= 4 is 11.9 Å². The van der Waals surface area contributed by atoms with Gasteiger partial charge in [-0.25, -0.2) is 4.98 Å². The molecule has 0 saturated carbocycles. The lowest BCUT2D eigenvalue weighted by Gasteiger charge is -2.10. The second kappa shape index (κ2) is 5.15. The van der Waals surface area contributed by atoms with E-state index in [1.54, 1.807) is 0 Å². The lowest BCUT2D eigenvalue weighted by Crippen LogP contribution is -2.38. The van der Waals surface area contributed by atoms with Gasteiger partial charge in [-0.05, 0) is 6.92 Å². The predicted molar refractivity (Wildman–Crippen MR) is 57.0 cm³/mol. The van der Waals surface area contributed by atoms with Crippen molar-refractivity contribution in [1.82, 2.24) is 10.3 Å². The Labute approximate surface area is 97.1 Å². The fourth-order valence-electron chi connectivity index (χ4n) is 1.09. The number of carboxylic acid groups (broad SMARTS) is 1. The average molecular weight is 240 g/mol. The standard InChI is InChI=1S/C10H12N2O5/c1-5(10(15)16)12-9(14)7-8(13)6(17-2)3-4-11-7/h3-5,13H,1-2H3,(H,12,14)(H,15,16)/t5-/m1/s1. The lowest BCUT2D eigenvalue weighted by atomic mass is 10.2. The summed E-state index contributed by atoms with van der Waals surface area (Å²) >= 11 is 0. The highest BCUT2D eigenvalue weighted by molar-refractivity contribution is 5.97. The van der Waals surface area contributed by atoms with Crippen LogP contribution in [-0.2, 0) is 4.79 Å². The van der Waals surface area contributed by atoms with Gasteiger partial charge in [0, 0.05) is 12.3 Å². The average Bonchev–Trinajstić information content (AvgIpc) is 2.28. The minimum absolute atomic E-state index is 0.0909. The summed E-state index contributed by atoms with van der Waals surface area (Å²) in [6, 6.07) is 0.308. The molecular weight excluding hydrogens is 228 g/mol. The number of hydrogen-bond donors (Lipinski definition) is 3. The Hall–Kier alpha value is -2.31. The van der Waals surface area contributed by atoms with Crippen molar-refractivity contribution in [2.45, 2.75) is 13.0 Å². The monoisotopic (exact) mass is 240 g/mol. The van der Waals surface area contributed by atoms with Crippen molar-refractivity contribution in [3.63, 3.8) is 0 Å². The number of ether oxygens (including phenoxy) is 1. The highest BCUT2D eigenvalue weighted by Crippen LogP contribution is 2.27. The van der Waals surface area contributed by atoms with Crippen molar-refractivity contribution in [3.05, 3.63) is 18.0 Å². The summed E-state index contributed by atoms with van der Waals surface area (Å²) in [4.78, 5) is 25.8. The minimum Gasteiger partial charge on any atom is -0.503 e. The van der Waals surface area contributed by atoms with Gasteiger partial charge in [0.15, 0.2) is 17.2 Å². The zero-order valence-corrected chi connectivity index (χ0v) is 9.30. The molecule has 1 amide bonds. The van der Waals surface area contributed by atoms with E-state index in [4.69, 9.17) is 9.84 Å². The first kappa shape index (κ1) is 12.8. The third-order valence-corrected chi connectivity index (χ3v) is 2.04. The summed E-state index contributed by atoms with van der Waals surface area (Å²) in [5.74, 6) is -2.30. The number of hydrogen-bond acceptors (Lipinski definition) is 5. The Morgan fingerprint density at radius 3 is 2.71 bits per heavy atom. The number of aromatic hydroxyl groups is 1. The van der Waals surface area contributed by atoms with Crippen LogP contribution in [0.1, 0.15) is 17.4 Å². The molecule has 7 nitrogen and oxygen atoms in total. The summed E-state index contributed by atoms with van der Waals surface area (Å²) in [6.45, 7) is 1.30. The number of methoxy groups -OCH3 is 1. The van der Waals surface area contributed by atoms with Crippen LogP contribution in [0.4, 0.5) is 0 Å². The maximum atomic E-state index is 11.6. The van der Waals surface area contributed by atoms with E-state index >= 15 is 0 Å². The summed E-state index contributed by atoms with van der Waals surface area (Å²) in [7, 11) is 1.33. The fraction of sp³-hybridized carbons (Fsp3) is 0.300. The fourth-order valence-corrected chi connectivity index (χ4v) is 1.09. The molecule has 0 bridgehead atoms. The molecule has 0 aromatic carbocycles. The van der Waals surface area contributed by atoms with Crippen LogP contribution >= 0.6 is 0 Å². The normalized spacial score (nSPS) is 11.6. The molecule has 0 saturated heterocycles. The number of rotatable bonds is 4. The molecule has 0 spiro atoms. The van der Waals surface area contributed by atoms with E-state index in [1.807, 2.05) is 0 Å². The van der Waals surface area contributed by atoms with Gasteiger partial charge in [0.1, 0.15) is 6.04 Å². The topological polar surface area (TPSA) is 109 Å². The van der Waals surface area contributed by atoms with E-state index in [1.165, 1.54) is 26.3 Å². The molecule has 3 N–H and O–H groups in total. The Morgan fingerprint density at radius 2 is 2.18 bits per heavy atom. The largest absolute Gasteiger partial charge is 0.503 e. The van der Waals surface area contributed by atoms with Crippen LogP contribution in [0.25, 0.3) is 0 Å². The number of carboxylic acids is 1. The van der Waals surface area contributed by atoms with Gasteiger partial charge in [-0.15, -0.1) is 0 Å². The summed E-state index contributed by atoms with van der Waals surface area (Å²) < 4.78 is 4.80. The van der Waals surface area contributed by atoms with Gasteiger partial charge in [-0.2, -0.15) is 0 Å². The van der Waals surface area contributed by atoms with Crippen LogP contribution in [0, 0.1) is 0 Å². The van der Waals surface area contributed by atoms with Crippen LogP contribution in [0.2, 0.25) is 0 Å². The molecule has 0 radical (unpaired) electrons. The zero-order valence-electron chi connectivity index (χ0n) is 9.30. The van der Waals surface area contributed by atoms with Gasteiger partial charge < -0.3 is 20.3 Å². The van der Waals surface area contributed by atoms with Gasteiger partial charge in [0.2, 0.25) is 0 Å². The second-order valence-electron chi connectivity index (χ2n) is 3.24. The summed E-state index contributed by atoms with van der Waals surface area (Å²) in [5, 5.41) is 20.4. The van der Waals surface area contributed by atoms with Gasteiger partial charge in [-0.1, -0.05) is 0 Å². The highest BCUT2D eigenvalue weighted by Gasteiger charge is 2.20. The Bertz CT molecular complexity index is 446. The molecule has 1 atom stereocenters. The maximum absolute atomic E-state index is 11.6. The molecule has 1 aromatic heterocycles. The molecule has 0 aliphatic carbocycles. The van der Waals surface area contributed by atoms with Gasteiger partial charge in [0.05, 0.1) is 7.11 Å². The van der Waals surface area contributed by atoms with Crippen LogP contribution < -0.4 is 10.1 Å². The molecule has 1 rings (SSSR count). The first-order valence-corrected chi connectivity index (χ1v) is 4.73. The zero-order chi connectivity index (χ0) is 13.0. The van der Waals surface area contributed by atoms with Crippen LogP contribution in [0.15, 0.2) is 12.3 Å². The van der Waals surface area contributed by atoms with Crippen LogP contribution in [0.5, 0.6) is 11.5 Å². The quantitative estimate of drug-likeness (QED) is 0.683. The number of nitrogens with zero attached hydrogens (tertiary/aromatic N) is 1. The van der Waals surface area contributed by atoms with E-state index in [0.29, 0.717) is 0 Å². The number of carbonyl (C=O) groups is 2. The van der Waals surface area contributed by atoms with E-state index in [-0.39, 0.29) is 11.4 Å². The number of aliphatic carboxylic acids is 1. The number of carbonyl (C=O) groups excluding carboxylic acids is 1. The maximum Gasteiger partial charge on any atom is 0.325 e. The first-order chi connectivity index (χ1) is 7.97. The summed E-state index contributed by atoms with van der Waals surface area (Å²) in [6.07, 6.45) is 1.28. The molecule has 17 heavy (non-hydrogen) atoms. The molecule has 0 aliphatic rings. The van der Waals surface area contributed by atoms with Gasteiger partial charge in [0.25, 0.3) is 5.91 Å². The molecule has 1 aromatic rings. The van der Waals surface area contributed by atoms with Crippen molar-refractivity contribution in [3.8, 4) is 11.5 Å². The molecule has 92 valence electrons. The Morgan fingerprint density at radius 1 is 1.53 bits per heavy atom. The molecule has 0 aliphatic heterocycles. The molecule has 7 heteroatoms. The SMILES string of the molecule is COc1ccnc(C(=O)N[C@H](C)C(=O)O)c1O. The highest BCUT2D eigenvalue weighted by atomic mass is 16.5. The molecule has 1 heterocycles. The van der Waals surface area contributed by atoms with E-state index in [0.717, 1.165) is 0 Å². The second-order valence-corrected chi connectivity index (χ2v) is 3.24. The number of nitrogens with one attached hydrogen (secondary N) is 1. The number of aromatic nitrogens is 1. The van der Waals surface area contributed by atoms with Crippen LogP contribution in [0.3, 0.4) is 0 Å². The van der Waals surface area contributed by atoms with Crippen LogP contribution in [-0.4, -0.2) is 40.2 Å². The van der Waals surface area contributed by atoms with E-state index < -0.39 is 23.7 Å². The van der Waals surface area contributed by atoms with Gasteiger partial charge in [-0.3, -0.25) is 9.59 Å². The number of pyridine rings is 1. The van der Waals surface area contributed by atoms with Crippen molar-refractivity contribution in [2.24, 2.45) is 0 Å². The van der Waals surface area contributed by atoms with Crippen molar-refractivity contribution < 1.29 is 24.5 Å². The minimum atomic E-state index is -1.18. The van der Waals surface area contributed by atoms with E-state index in [9.17, 15) is 14.7 Å². The molecule has 0 unspecified atom stereocenters. The van der Waals surface area contributed by atoms with Gasteiger partial charge >= 0.3 is 5.97 Å².